The maximum Gasteiger partial charge on any atom is 0.252 e. The molecule has 0 spiro atoms. The summed E-state index contributed by atoms with van der Waals surface area (Å²) < 4.78 is 10.9. The van der Waals surface area contributed by atoms with Crippen molar-refractivity contribution >= 4 is 23.3 Å². The molecule has 1 aliphatic rings. The van der Waals surface area contributed by atoms with E-state index in [-0.39, 0.29) is 23.0 Å². The standard InChI is InChI=1S/C21H22N2O5/c1-12(28-19-11-16(27-3)5-6-17(19)21(22)26)20(25)15-4-7-18-14(10-15)8-9-23(18)13(2)24/h4-7,10-12H,8-9H2,1-3H3,(H2,22,26)/t12-/m0/s1. The Morgan fingerprint density at radius 3 is 2.54 bits per heavy atom. The Morgan fingerprint density at radius 2 is 1.89 bits per heavy atom. The lowest BCUT2D eigenvalue weighted by molar-refractivity contribution is -0.116. The van der Waals surface area contributed by atoms with Crippen LogP contribution in [0.1, 0.15) is 40.1 Å². The predicted molar refractivity (Wildman–Crippen MR) is 104 cm³/mol. The summed E-state index contributed by atoms with van der Waals surface area (Å²) in [6.45, 7) is 3.75. The van der Waals surface area contributed by atoms with Gasteiger partial charge in [-0.05, 0) is 49.2 Å². The number of amides is 2. The highest BCUT2D eigenvalue weighted by molar-refractivity contribution is 6.01. The zero-order valence-electron chi connectivity index (χ0n) is 16.0. The SMILES string of the molecule is COc1ccc(C(N)=O)c(O[C@@H](C)C(=O)c2ccc3c(c2)CCN3C(C)=O)c1. The molecule has 2 aromatic carbocycles. The zero-order valence-corrected chi connectivity index (χ0v) is 16.0. The van der Waals surface area contributed by atoms with Gasteiger partial charge in [-0.2, -0.15) is 0 Å². The molecule has 146 valence electrons. The fourth-order valence-electron chi connectivity index (χ4n) is 3.29. The first-order chi connectivity index (χ1) is 13.3. The predicted octanol–water partition coefficient (Wildman–Crippen LogP) is 2.35. The van der Waals surface area contributed by atoms with Gasteiger partial charge in [0.15, 0.2) is 6.10 Å². The number of carbonyl (C=O) groups is 3. The van der Waals surface area contributed by atoms with Crippen LogP contribution >= 0.6 is 0 Å². The summed E-state index contributed by atoms with van der Waals surface area (Å²) in [6, 6.07) is 9.88. The largest absolute Gasteiger partial charge is 0.497 e. The van der Waals surface area contributed by atoms with E-state index in [1.54, 1.807) is 36.1 Å². The minimum atomic E-state index is -0.839. The number of nitrogens with zero attached hydrogens (tertiary/aromatic N) is 1. The van der Waals surface area contributed by atoms with E-state index in [0.717, 1.165) is 11.3 Å². The van der Waals surface area contributed by atoms with E-state index in [0.29, 0.717) is 24.3 Å². The van der Waals surface area contributed by atoms with Crippen molar-refractivity contribution in [1.29, 1.82) is 0 Å². The maximum atomic E-state index is 12.8. The number of anilines is 1. The van der Waals surface area contributed by atoms with E-state index in [2.05, 4.69) is 0 Å². The number of primary amides is 1. The van der Waals surface area contributed by atoms with Crippen LogP contribution in [0.5, 0.6) is 11.5 Å². The molecule has 3 rings (SSSR count). The number of ketones is 1. The van der Waals surface area contributed by atoms with Crippen LogP contribution in [-0.4, -0.2) is 37.4 Å². The smallest absolute Gasteiger partial charge is 0.252 e. The molecule has 0 aliphatic carbocycles. The molecule has 0 saturated heterocycles. The zero-order chi connectivity index (χ0) is 20.4. The van der Waals surface area contributed by atoms with Gasteiger partial charge in [0.1, 0.15) is 11.5 Å². The highest BCUT2D eigenvalue weighted by Crippen LogP contribution is 2.30. The molecule has 1 atom stereocenters. The number of methoxy groups -OCH3 is 1. The van der Waals surface area contributed by atoms with Crippen LogP contribution in [0.15, 0.2) is 36.4 Å². The minimum Gasteiger partial charge on any atom is -0.497 e. The Morgan fingerprint density at radius 1 is 1.14 bits per heavy atom. The maximum absolute atomic E-state index is 12.8. The van der Waals surface area contributed by atoms with Crippen LogP contribution in [0.4, 0.5) is 5.69 Å². The fraction of sp³-hybridized carbons (Fsp3) is 0.286. The molecule has 2 amide bonds. The average molecular weight is 382 g/mol. The number of Topliss-reactive ketones (excluding diaryl/α,β-unsaturated/α-hetero) is 1. The minimum absolute atomic E-state index is 0.0217. The van der Waals surface area contributed by atoms with Crippen molar-refractivity contribution < 1.29 is 23.9 Å². The second-order valence-corrected chi connectivity index (χ2v) is 6.61. The molecule has 0 aromatic heterocycles. The fourth-order valence-corrected chi connectivity index (χ4v) is 3.29. The molecular formula is C21H22N2O5. The van der Waals surface area contributed by atoms with Gasteiger partial charge in [-0.25, -0.2) is 0 Å². The lowest BCUT2D eigenvalue weighted by atomic mass is 10.0. The number of nitrogens with two attached hydrogens (primary N) is 1. The number of fused-ring (bicyclic) bond motifs is 1. The van der Waals surface area contributed by atoms with Gasteiger partial charge in [-0.1, -0.05) is 0 Å². The molecule has 2 N–H and O–H groups in total. The van der Waals surface area contributed by atoms with Crippen molar-refractivity contribution in [2.75, 3.05) is 18.6 Å². The Labute approximate surface area is 163 Å². The third kappa shape index (κ3) is 3.69. The van der Waals surface area contributed by atoms with E-state index in [1.807, 2.05) is 0 Å². The first kappa shape index (κ1) is 19.4. The van der Waals surface area contributed by atoms with Crippen LogP contribution in [0.3, 0.4) is 0 Å². The second kappa shape index (κ2) is 7.72. The third-order valence-electron chi connectivity index (χ3n) is 4.77. The van der Waals surface area contributed by atoms with Gasteiger partial charge in [-0.15, -0.1) is 0 Å². The van der Waals surface area contributed by atoms with Crippen molar-refractivity contribution in [3.63, 3.8) is 0 Å². The van der Waals surface area contributed by atoms with Crippen molar-refractivity contribution in [3.8, 4) is 11.5 Å². The summed E-state index contributed by atoms with van der Waals surface area (Å²) in [6.07, 6.45) is -0.138. The molecule has 2 aromatic rings. The number of hydrogen-bond donors (Lipinski definition) is 1. The number of benzene rings is 2. The summed E-state index contributed by atoms with van der Waals surface area (Å²) in [5.74, 6) is -0.230. The normalized spacial score (nSPS) is 13.6. The highest BCUT2D eigenvalue weighted by Gasteiger charge is 2.25. The Bertz CT molecular complexity index is 954. The van der Waals surface area contributed by atoms with Gasteiger partial charge in [0.25, 0.3) is 5.91 Å². The number of rotatable bonds is 6. The molecule has 1 heterocycles. The summed E-state index contributed by atoms with van der Waals surface area (Å²) >= 11 is 0. The van der Waals surface area contributed by atoms with Crippen LogP contribution < -0.4 is 20.1 Å². The molecule has 0 radical (unpaired) electrons. The summed E-state index contributed by atoms with van der Waals surface area (Å²) in [5, 5.41) is 0. The summed E-state index contributed by atoms with van der Waals surface area (Å²) in [7, 11) is 1.49. The second-order valence-electron chi connectivity index (χ2n) is 6.61. The average Bonchev–Trinajstić information content (AvgIpc) is 3.10. The van der Waals surface area contributed by atoms with Crippen LogP contribution in [0.25, 0.3) is 0 Å². The molecule has 28 heavy (non-hydrogen) atoms. The third-order valence-corrected chi connectivity index (χ3v) is 4.77. The van der Waals surface area contributed by atoms with Gasteiger partial charge in [-0.3, -0.25) is 14.4 Å². The molecule has 7 heteroatoms. The van der Waals surface area contributed by atoms with Gasteiger partial charge >= 0.3 is 0 Å². The van der Waals surface area contributed by atoms with Gasteiger partial charge in [0, 0.05) is 30.8 Å². The van der Waals surface area contributed by atoms with Crippen molar-refractivity contribution in [2.24, 2.45) is 5.73 Å². The van der Waals surface area contributed by atoms with Crippen molar-refractivity contribution in [1.82, 2.24) is 0 Å². The van der Waals surface area contributed by atoms with E-state index in [4.69, 9.17) is 15.2 Å². The van der Waals surface area contributed by atoms with Crippen LogP contribution in [-0.2, 0) is 11.2 Å². The number of carbonyl (C=O) groups excluding carboxylic acids is 3. The van der Waals surface area contributed by atoms with Crippen molar-refractivity contribution in [2.45, 2.75) is 26.4 Å². The van der Waals surface area contributed by atoms with Gasteiger partial charge in [0.2, 0.25) is 11.7 Å². The van der Waals surface area contributed by atoms with Crippen LogP contribution in [0, 0.1) is 0 Å². The Balaban J connectivity index is 1.83. The van der Waals surface area contributed by atoms with Gasteiger partial charge < -0.3 is 20.1 Å². The summed E-state index contributed by atoms with van der Waals surface area (Å²) in [5.41, 5.74) is 7.84. The Hall–Kier alpha value is -3.35. The quantitative estimate of drug-likeness (QED) is 0.773. The highest BCUT2D eigenvalue weighted by atomic mass is 16.5. The van der Waals surface area contributed by atoms with Crippen molar-refractivity contribution in [3.05, 3.63) is 53.1 Å². The Kier molecular flexibility index (Phi) is 5.35. The summed E-state index contributed by atoms with van der Waals surface area (Å²) in [4.78, 5) is 37.9. The lowest BCUT2D eigenvalue weighted by Crippen LogP contribution is -2.26. The molecule has 1 aliphatic heterocycles. The van der Waals surface area contributed by atoms with E-state index < -0.39 is 12.0 Å². The molecule has 0 fully saturated rings. The monoisotopic (exact) mass is 382 g/mol. The van der Waals surface area contributed by atoms with E-state index >= 15 is 0 Å². The number of hydrogen-bond acceptors (Lipinski definition) is 5. The van der Waals surface area contributed by atoms with Gasteiger partial charge in [0.05, 0.1) is 12.7 Å². The van der Waals surface area contributed by atoms with E-state index in [1.165, 1.54) is 26.2 Å². The molecule has 7 nitrogen and oxygen atoms in total. The molecule has 0 unspecified atom stereocenters. The molecule has 0 bridgehead atoms. The van der Waals surface area contributed by atoms with Crippen LogP contribution in [0.2, 0.25) is 0 Å². The lowest BCUT2D eigenvalue weighted by Gasteiger charge is -2.18. The first-order valence-corrected chi connectivity index (χ1v) is 8.91. The van der Waals surface area contributed by atoms with E-state index in [9.17, 15) is 14.4 Å². The molecule has 0 saturated carbocycles. The first-order valence-electron chi connectivity index (χ1n) is 8.91. The topological polar surface area (TPSA) is 98.9 Å². The number of ether oxygens (including phenoxy) is 2. The molecular weight excluding hydrogens is 360 g/mol.